The maximum absolute atomic E-state index is 13.6. The van der Waals surface area contributed by atoms with E-state index in [-0.39, 0.29) is 0 Å². The number of hydrogen-bond donors (Lipinski definition) is 0. The van der Waals surface area contributed by atoms with Gasteiger partial charge in [-0.3, -0.25) is 4.57 Å². The fraction of sp³-hybridized carbons (Fsp3) is 0.400. The summed E-state index contributed by atoms with van der Waals surface area (Å²) in [6.45, 7) is 7.02. The highest BCUT2D eigenvalue weighted by Gasteiger charge is 2.31. The van der Waals surface area contributed by atoms with Gasteiger partial charge in [0.25, 0.3) is 0 Å². The minimum absolute atomic E-state index is 0.494. The van der Waals surface area contributed by atoms with Crippen molar-refractivity contribution < 1.29 is 8.78 Å². The van der Waals surface area contributed by atoms with E-state index >= 15 is 0 Å². The van der Waals surface area contributed by atoms with Crippen molar-refractivity contribution >= 4 is 37.5 Å². The first-order chi connectivity index (χ1) is 12.2. The average molecular weight is 389 g/mol. The molecule has 6 heteroatoms. The predicted octanol–water partition coefficient (Wildman–Crippen LogP) is 5.44. The molecule has 4 nitrogen and oxygen atoms in total. The zero-order valence-corrected chi connectivity index (χ0v) is 18.3. The molecule has 1 aromatic heterocycles. The van der Waals surface area contributed by atoms with E-state index in [0.717, 1.165) is 0 Å². The molecule has 0 N–H and O–H groups in total. The third kappa shape index (κ3) is 4.29. The van der Waals surface area contributed by atoms with E-state index in [4.69, 9.17) is 4.21 Å². The van der Waals surface area contributed by atoms with Crippen LogP contribution in [-0.2, 0) is 15.3 Å². The molecular weight excluding hydrogens is 359 g/mol. The second-order valence-electron chi connectivity index (χ2n) is 8.15. The van der Waals surface area contributed by atoms with Gasteiger partial charge in [0.2, 0.25) is 7.37 Å². The van der Waals surface area contributed by atoms with Gasteiger partial charge in [0.15, 0.2) is 8.32 Å². The number of fused-ring (bicyclic) bond motifs is 3. The van der Waals surface area contributed by atoms with Crippen molar-refractivity contribution in [3.63, 3.8) is 0 Å². The molecule has 0 bridgehead atoms. The van der Waals surface area contributed by atoms with Crippen LogP contribution in [0.1, 0.15) is 0 Å². The Balaban J connectivity index is 1.98. The highest BCUT2D eigenvalue weighted by atomic mass is 31.2. The van der Waals surface area contributed by atoms with E-state index in [1.54, 1.807) is 0 Å². The molecule has 0 amide bonds. The Labute approximate surface area is 157 Å². The van der Waals surface area contributed by atoms with Crippen LogP contribution in [0, 0.1) is 0 Å². The van der Waals surface area contributed by atoms with Crippen LogP contribution in [0.25, 0.3) is 21.8 Å². The Bertz CT molecular complexity index is 906. The van der Waals surface area contributed by atoms with E-state index in [2.05, 4.69) is 72.7 Å². The Morgan fingerprint density at radius 1 is 0.962 bits per heavy atom. The molecule has 1 heterocycles. The lowest BCUT2D eigenvalue weighted by atomic mass is 10.2. The lowest BCUT2D eigenvalue weighted by Crippen LogP contribution is -2.28. The number of aromatic nitrogens is 1. The van der Waals surface area contributed by atoms with Crippen molar-refractivity contribution in [3.8, 4) is 0 Å². The normalized spacial score (nSPS) is 15.0. The summed E-state index contributed by atoms with van der Waals surface area (Å²) in [6, 6.07) is 16.9. The summed E-state index contributed by atoms with van der Waals surface area (Å²) in [5.41, 5.74) is 2.39. The summed E-state index contributed by atoms with van der Waals surface area (Å²) in [4.78, 5) is 1.98. The molecule has 0 saturated carbocycles. The van der Waals surface area contributed by atoms with Crippen LogP contribution in [0.3, 0.4) is 0 Å². The van der Waals surface area contributed by atoms with E-state index < -0.39 is 15.7 Å². The van der Waals surface area contributed by atoms with Crippen LogP contribution in [0.2, 0.25) is 19.6 Å². The van der Waals surface area contributed by atoms with Gasteiger partial charge in [-0.05, 0) is 45.9 Å². The second-order valence-corrected chi connectivity index (χ2v) is 15.5. The number of para-hydroxylation sites is 2. The number of benzene rings is 2. The maximum atomic E-state index is 13.6. The summed E-state index contributed by atoms with van der Waals surface area (Å²) in [5.74, 6) is 0. The fourth-order valence-corrected chi connectivity index (χ4v) is 9.67. The molecule has 26 heavy (non-hydrogen) atoms. The van der Waals surface area contributed by atoms with Crippen LogP contribution >= 0.6 is 7.37 Å². The van der Waals surface area contributed by atoms with Crippen LogP contribution in [0.4, 0.5) is 0 Å². The van der Waals surface area contributed by atoms with E-state index in [9.17, 15) is 4.57 Å². The SMILES string of the molecule is CN(C)CP(=O)(CCn1c2ccccc2c2ccccc21)O[Si](C)(C)C. The first-order valence-electron chi connectivity index (χ1n) is 9.08. The van der Waals surface area contributed by atoms with Gasteiger partial charge >= 0.3 is 0 Å². The van der Waals surface area contributed by atoms with Crippen LogP contribution in [0.5, 0.6) is 0 Å². The van der Waals surface area contributed by atoms with E-state index in [1.807, 2.05) is 19.0 Å². The minimum Gasteiger partial charge on any atom is -0.369 e. The largest absolute Gasteiger partial charge is 0.369 e. The predicted molar refractivity (Wildman–Crippen MR) is 115 cm³/mol. The molecular formula is C20H29N2O2PSi. The maximum Gasteiger partial charge on any atom is 0.209 e. The summed E-state index contributed by atoms with van der Waals surface area (Å²) in [6.07, 6.45) is 1.05. The summed E-state index contributed by atoms with van der Waals surface area (Å²) >= 11 is 0. The summed E-state index contributed by atoms with van der Waals surface area (Å²) in [5, 5.41) is 2.49. The molecule has 3 rings (SSSR count). The first kappa shape index (κ1) is 19.4. The highest BCUT2D eigenvalue weighted by molar-refractivity contribution is 7.60. The quantitative estimate of drug-likeness (QED) is 0.399. The van der Waals surface area contributed by atoms with Crippen molar-refractivity contribution in [2.75, 3.05) is 26.5 Å². The van der Waals surface area contributed by atoms with Gasteiger partial charge in [0.05, 0.1) is 6.29 Å². The van der Waals surface area contributed by atoms with Gasteiger partial charge in [-0.1, -0.05) is 36.4 Å². The van der Waals surface area contributed by atoms with Gasteiger partial charge in [0, 0.05) is 34.5 Å². The smallest absolute Gasteiger partial charge is 0.209 e. The molecule has 0 saturated heterocycles. The standard InChI is InChI=1S/C20H29N2O2PSi/c1-21(2)16-25(23,24-26(3,4)5)15-14-22-19-12-8-6-10-17(19)18-11-7-9-13-20(18)22/h6-13H,14-16H2,1-5H3. The van der Waals surface area contributed by atoms with Crippen LogP contribution in [-0.4, -0.2) is 44.3 Å². The topological polar surface area (TPSA) is 34.5 Å². The van der Waals surface area contributed by atoms with Crippen molar-refractivity contribution in [2.24, 2.45) is 0 Å². The fourth-order valence-electron chi connectivity index (χ4n) is 3.57. The third-order valence-electron chi connectivity index (χ3n) is 4.28. The number of hydrogen-bond acceptors (Lipinski definition) is 3. The first-order valence-corrected chi connectivity index (χ1v) is 14.5. The molecule has 0 spiro atoms. The number of nitrogens with zero attached hydrogens (tertiary/aromatic N) is 2. The van der Waals surface area contributed by atoms with Gasteiger partial charge in [-0.15, -0.1) is 0 Å². The Hall–Kier alpha value is -1.39. The van der Waals surface area contributed by atoms with Crippen molar-refractivity contribution in [3.05, 3.63) is 48.5 Å². The van der Waals surface area contributed by atoms with Gasteiger partial charge in [-0.25, -0.2) is 0 Å². The van der Waals surface area contributed by atoms with Crippen LogP contribution in [0.15, 0.2) is 48.5 Å². The molecule has 1 atom stereocenters. The molecule has 3 aromatic rings. The van der Waals surface area contributed by atoms with Gasteiger partial charge < -0.3 is 13.7 Å². The monoisotopic (exact) mass is 388 g/mol. The zero-order valence-electron chi connectivity index (χ0n) is 16.4. The molecule has 0 aliphatic carbocycles. The lowest BCUT2D eigenvalue weighted by molar-refractivity contribution is 0.415. The summed E-state index contributed by atoms with van der Waals surface area (Å²) < 4.78 is 22.1. The number of rotatable bonds is 7. The van der Waals surface area contributed by atoms with Crippen molar-refractivity contribution in [1.82, 2.24) is 9.47 Å². The molecule has 140 valence electrons. The van der Waals surface area contributed by atoms with E-state index in [0.29, 0.717) is 19.0 Å². The van der Waals surface area contributed by atoms with Gasteiger partial charge in [-0.2, -0.15) is 0 Å². The minimum atomic E-state index is -2.73. The highest BCUT2D eigenvalue weighted by Crippen LogP contribution is 2.50. The third-order valence-corrected chi connectivity index (χ3v) is 9.68. The Morgan fingerprint density at radius 3 is 1.92 bits per heavy atom. The van der Waals surface area contributed by atoms with Crippen molar-refractivity contribution in [1.29, 1.82) is 0 Å². The summed E-state index contributed by atoms with van der Waals surface area (Å²) in [7, 11) is -0.697. The molecule has 2 aromatic carbocycles. The lowest BCUT2D eigenvalue weighted by Gasteiger charge is -2.29. The second kappa shape index (κ2) is 7.32. The molecule has 0 aliphatic rings. The van der Waals surface area contributed by atoms with Gasteiger partial charge in [0.1, 0.15) is 0 Å². The average Bonchev–Trinajstić information content (AvgIpc) is 2.84. The Morgan fingerprint density at radius 2 is 1.46 bits per heavy atom. The van der Waals surface area contributed by atoms with Crippen molar-refractivity contribution in [2.45, 2.75) is 26.2 Å². The number of aryl methyl sites for hydroxylation is 1. The molecule has 0 aliphatic heterocycles. The molecule has 1 unspecified atom stereocenters. The zero-order chi connectivity index (χ0) is 18.9. The molecule has 0 fully saturated rings. The van der Waals surface area contributed by atoms with E-state index in [1.165, 1.54) is 21.8 Å². The Kier molecular flexibility index (Phi) is 5.45. The van der Waals surface area contributed by atoms with Crippen LogP contribution < -0.4 is 0 Å². The molecule has 0 radical (unpaired) electrons.